The van der Waals surface area contributed by atoms with Crippen molar-refractivity contribution in [3.63, 3.8) is 0 Å². The van der Waals surface area contributed by atoms with Gasteiger partial charge in [-0.1, -0.05) is 37.8 Å². The van der Waals surface area contributed by atoms with Gasteiger partial charge in [0, 0.05) is 23.4 Å². The number of rotatable bonds is 9. The van der Waals surface area contributed by atoms with Crippen LogP contribution in [0.5, 0.6) is 0 Å². The summed E-state index contributed by atoms with van der Waals surface area (Å²) in [4.78, 5) is 39.7. The molecule has 0 spiro atoms. The first-order chi connectivity index (χ1) is 15.5. The van der Waals surface area contributed by atoms with E-state index in [2.05, 4.69) is 35.2 Å². The lowest BCUT2D eigenvalue weighted by Crippen LogP contribution is -2.52. The largest absolute Gasteiger partial charge is 0.444 e. The van der Waals surface area contributed by atoms with Gasteiger partial charge in [-0.3, -0.25) is 14.5 Å². The maximum absolute atomic E-state index is 13.3. The molecule has 1 aromatic carbocycles. The Kier molecular flexibility index (Phi) is 10.8. The van der Waals surface area contributed by atoms with Crippen LogP contribution in [0.4, 0.5) is 4.79 Å². The molecule has 0 aromatic heterocycles. The second kappa shape index (κ2) is 12.8. The maximum atomic E-state index is 13.3. The molecule has 3 unspecified atom stereocenters. The lowest BCUT2D eigenvalue weighted by Gasteiger charge is -2.30. The molecule has 7 nitrogen and oxygen atoms in total. The predicted octanol–water partition coefficient (Wildman–Crippen LogP) is 3.26. The summed E-state index contributed by atoms with van der Waals surface area (Å²) in [6.07, 6.45) is 12.0. The van der Waals surface area contributed by atoms with Crippen LogP contribution in [0.15, 0.2) is 24.3 Å². The summed E-state index contributed by atoms with van der Waals surface area (Å²) in [6.45, 7) is 9.00. The summed E-state index contributed by atoms with van der Waals surface area (Å²) < 4.78 is 5.23. The third-order valence-corrected chi connectivity index (χ3v) is 4.92. The number of benzene rings is 1. The van der Waals surface area contributed by atoms with E-state index in [9.17, 15) is 14.4 Å². The van der Waals surface area contributed by atoms with Crippen LogP contribution in [-0.2, 0) is 14.3 Å². The summed E-state index contributed by atoms with van der Waals surface area (Å²) in [6, 6.07) is 6.59. The van der Waals surface area contributed by atoms with Gasteiger partial charge in [-0.15, -0.1) is 6.42 Å². The highest BCUT2D eigenvalue weighted by Crippen LogP contribution is 2.23. The molecule has 3 amide bonds. The van der Waals surface area contributed by atoms with E-state index in [1.807, 2.05) is 13.8 Å². The number of carbonyl (C=O) groups excluding carboxylic acids is 3. The molecule has 3 atom stereocenters. The first-order valence-electron chi connectivity index (χ1n) is 10.7. The molecule has 1 aromatic rings. The molecular weight excluding hydrogens is 438 g/mol. The Morgan fingerprint density at radius 1 is 1.15 bits per heavy atom. The average Bonchev–Trinajstić information content (AvgIpc) is 2.74. The van der Waals surface area contributed by atoms with Crippen molar-refractivity contribution < 1.29 is 19.1 Å². The summed E-state index contributed by atoms with van der Waals surface area (Å²) in [5.41, 5.74) is 0.351. The van der Waals surface area contributed by atoms with E-state index >= 15 is 0 Å². The van der Waals surface area contributed by atoms with Crippen LogP contribution < -0.4 is 10.6 Å². The van der Waals surface area contributed by atoms with E-state index in [1.165, 1.54) is 0 Å². The van der Waals surface area contributed by atoms with Gasteiger partial charge in [0.1, 0.15) is 17.7 Å². The highest BCUT2D eigenvalue weighted by molar-refractivity contribution is 7.80. The van der Waals surface area contributed by atoms with Gasteiger partial charge in [0.15, 0.2) is 0 Å². The number of thiol groups is 1. The first kappa shape index (κ1) is 27.9. The minimum Gasteiger partial charge on any atom is -0.444 e. The van der Waals surface area contributed by atoms with E-state index in [1.54, 1.807) is 45.0 Å². The molecule has 0 aliphatic carbocycles. The zero-order chi connectivity index (χ0) is 25.2. The summed E-state index contributed by atoms with van der Waals surface area (Å²) in [5.74, 6) is 1.36. The number of ether oxygens (including phenoxy) is 1. The van der Waals surface area contributed by atoms with Crippen LogP contribution in [0.3, 0.4) is 0 Å². The Bertz CT molecular complexity index is 910. The number of amides is 3. The number of nitrogens with one attached hydrogen (secondary N) is 2. The molecule has 1 rings (SSSR count). The lowest BCUT2D eigenvalue weighted by molar-refractivity contribution is -0.138. The normalized spacial score (nSPS) is 13.5. The number of hydrogen-bond donors (Lipinski definition) is 3. The minimum atomic E-state index is -1.13. The van der Waals surface area contributed by atoms with Gasteiger partial charge >= 0.3 is 6.09 Å². The van der Waals surface area contributed by atoms with Crippen molar-refractivity contribution in [1.29, 1.82) is 0 Å². The van der Waals surface area contributed by atoms with Crippen molar-refractivity contribution in [3.8, 4) is 24.8 Å². The van der Waals surface area contributed by atoms with Crippen molar-refractivity contribution in [2.24, 2.45) is 0 Å². The number of terminal acetylenes is 2. The predicted molar refractivity (Wildman–Crippen MR) is 132 cm³/mol. The van der Waals surface area contributed by atoms with Gasteiger partial charge in [-0.2, -0.15) is 12.6 Å². The zero-order valence-corrected chi connectivity index (χ0v) is 20.7. The third-order valence-electron chi connectivity index (χ3n) is 4.56. The molecule has 0 saturated carbocycles. The number of hydrogen-bond acceptors (Lipinski definition) is 5. The monoisotopic (exact) mass is 471 g/mol. The molecule has 8 heteroatoms. The zero-order valence-electron chi connectivity index (χ0n) is 19.8. The van der Waals surface area contributed by atoms with Crippen molar-refractivity contribution >= 4 is 30.5 Å². The molecular formula is C25H33N3O4S. The van der Waals surface area contributed by atoms with Crippen LogP contribution in [0.1, 0.15) is 64.6 Å². The molecule has 178 valence electrons. The smallest absolute Gasteiger partial charge is 0.408 e. The molecule has 0 radical (unpaired) electrons. The Hall–Kier alpha value is -3.10. The molecule has 0 aliphatic rings. The fourth-order valence-electron chi connectivity index (χ4n) is 3.07. The highest BCUT2D eigenvalue weighted by Gasteiger charge is 2.35. The Balaban J connectivity index is 3.29. The van der Waals surface area contributed by atoms with Crippen LogP contribution >= 0.6 is 12.6 Å². The molecule has 0 saturated heterocycles. The second-order valence-corrected chi connectivity index (χ2v) is 8.95. The quantitative estimate of drug-likeness (QED) is 0.293. The van der Waals surface area contributed by atoms with Gasteiger partial charge < -0.3 is 15.4 Å². The van der Waals surface area contributed by atoms with Crippen molar-refractivity contribution in [1.82, 2.24) is 15.5 Å². The van der Waals surface area contributed by atoms with Crippen molar-refractivity contribution in [2.75, 3.05) is 5.75 Å². The summed E-state index contributed by atoms with van der Waals surface area (Å²) >= 11 is 4.18. The number of nitrogens with zero attached hydrogens (tertiary/aromatic N) is 1. The van der Waals surface area contributed by atoms with Crippen LogP contribution in [0.25, 0.3) is 0 Å². The molecule has 2 N–H and O–H groups in total. The standard InChI is InChI=1S/C25H33N3O4S/c1-8-11-17(4)26-22(29)21(19-14-12-18(9-2)13-15-19)28(10-3)23(30)20(16-33)27-24(31)32-25(5,6)7/h2-3,12-15,17,20-21,33H,8,11,16H2,1,4-7H3,(H,26,29)(H,27,31). The van der Waals surface area contributed by atoms with Crippen LogP contribution in [0, 0.1) is 24.8 Å². The van der Waals surface area contributed by atoms with Gasteiger partial charge in [0.25, 0.3) is 5.91 Å². The first-order valence-corrected chi connectivity index (χ1v) is 11.4. The van der Waals surface area contributed by atoms with Crippen molar-refractivity contribution in [2.45, 2.75) is 71.2 Å². The van der Waals surface area contributed by atoms with Gasteiger partial charge in [0.2, 0.25) is 5.91 Å². The van der Waals surface area contributed by atoms with E-state index in [0.29, 0.717) is 11.1 Å². The Labute approximate surface area is 202 Å². The Morgan fingerprint density at radius 3 is 2.21 bits per heavy atom. The molecule has 33 heavy (non-hydrogen) atoms. The van der Waals surface area contributed by atoms with E-state index in [4.69, 9.17) is 17.6 Å². The highest BCUT2D eigenvalue weighted by atomic mass is 32.1. The number of carbonyl (C=O) groups is 3. The molecule has 0 aliphatic heterocycles. The molecule has 0 heterocycles. The van der Waals surface area contributed by atoms with Gasteiger partial charge in [0.05, 0.1) is 0 Å². The van der Waals surface area contributed by atoms with Crippen LogP contribution in [-0.4, -0.2) is 46.2 Å². The average molecular weight is 472 g/mol. The van der Waals surface area contributed by atoms with Gasteiger partial charge in [-0.25, -0.2) is 4.79 Å². The van der Waals surface area contributed by atoms with E-state index in [0.717, 1.165) is 17.7 Å². The fraction of sp³-hybridized carbons (Fsp3) is 0.480. The van der Waals surface area contributed by atoms with E-state index in [-0.39, 0.29) is 11.8 Å². The topological polar surface area (TPSA) is 87.7 Å². The molecule has 0 bridgehead atoms. The van der Waals surface area contributed by atoms with Crippen LogP contribution in [0.2, 0.25) is 0 Å². The second-order valence-electron chi connectivity index (χ2n) is 8.59. The third kappa shape index (κ3) is 8.75. The maximum Gasteiger partial charge on any atom is 0.408 e. The van der Waals surface area contributed by atoms with Crippen molar-refractivity contribution in [3.05, 3.63) is 35.4 Å². The summed E-state index contributed by atoms with van der Waals surface area (Å²) in [7, 11) is 0. The lowest BCUT2D eigenvalue weighted by atomic mass is 10.0. The van der Waals surface area contributed by atoms with Gasteiger partial charge in [-0.05, 0) is 51.8 Å². The molecule has 0 fully saturated rings. The SMILES string of the molecule is C#Cc1ccc(C(C(=O)NC(C)CCC)N(C#C)C(=O)C(CS)NC(=O)OC(C)(C)C)cc1. The minimum absolute atomic E-state index is 0.0487. The number of alkyl carbamates (subject to hydrolysis) is 1. The fourth-order valence-corrected chi connectivity index (χ4v) is 3.32. The Morgan fingerprint density at radius 2 is 1.76 bits per heavy atom. The summed E-state index contributed by atoms with van der Waals surface area (Å²) in [5, 5.41) is 5.39. The van der Waals surface area contributed by atoms with E-state index < -0.39 is 35.6 Å².